The number of ether oxygens (including phenoxy) is 1. The van der Waals surface area contributed by atoms with Gasteiger partial charge in [0.25, 0.3) is 0 Å². The Labute approximate surface area is 118 Å². The van der Waals surface area contributed by atoms with Gasteiger partial charge in [0, 0.05) is 25.5 Å². The number of hydrogen-bond acceptors (Lipinski definition) is 4. The molecule has 0 fully saturated rings. The third-order valence-corrected chi connectivity index (χ3v) is 3.61. The van der Waals surface area contributed by atoms with Gasteiger partial charge in [-0.05, 0) is 32.0 Å². The molecule has 5 heteroatoms. The van der Waals surface area contributed by atoms with Crippen molar-refractivity contribution in [1.29, 1.82) is 0 Å². The molecule has 2 rings (SSSR count). The Morgan fingerprint density at radius 2 is 2.21 bits per heavy atom. The zero-order valence-corrected chi connectivity index (χ0v) is 12.1. The number of imidazole rings is 1. The second kappa shape index (κ2) is 8.19. The maximum Gasteiger partial charge on any atom is 0.166 e. The zero-order chi connectivity index (χ0) is 13.3. The van der Waals surface area contributed by atoms with Crippen LogP contribution in [0.3, 0.4) is 0 Å². The number of para-hydroxylation sites is 2. The van der Waals surface area contributed by atoms with Gasteiger partial charge in [-0.2, -0.15) is 0 Å². The number of rotatable bonds is 9. The van der Waals surface area contributed by atoms with Crippen LogP contribution in [0.25, 0.3) is 11.0 Å². The van der Waals surface area contributed by atoms with Crippen molar-refractivity contribution < 1.29 is 4.74 Å². The summed E-state index contributed by atoms with van der Waals surface area (Å²) in [6.45, 7) is 5.69. The number of thioether (sulfide) groups is 1. The summed E-state index contributed by atoms with van der Waals surface area (Å²) in [5, 5.41) is 4.40. The summed E-state index contributed by atoms with van der Waals surface area (Å²) in [5.74, 6) is 1.02. The summed E-state index contributed by atoms with van der Waals surface area (Å²) in [6.07, 6.45) is 1.07. The summed E-state index contributed by atoms with van der Waals surface area (Å²) in [6, 6.07) is 8.12. The maximum atomic E-state index is 5.28. The molecule has 1 aromatic heterocycles. The average Bonchev–Trinajstić information content (AvgIpc) is 2.84. The van der Waals surface area contributed by atoms with Gasteiger partial charge in [0.05, 0.1) is 11.0 Å². The van der Waals surface area contributed by atoms with E-state index in [4.69, 9.17) is 4.74 Å². The van der Waals surface area contributed by atoms with E-state index >= 15 is 0 Å². The SMILES string of the molecule is CCOCCCNCCSc1nc2ccccc2[nH]1. The Kier molecular flexibility index (Phi) is 6.20. The number of hydrogen-bond donors (Lipinski definition) is 2. The molecule has 0 aliphatic heterocycles. The molecule has 0 unspecified atom stereocenters. The summed E-state index contributed by atoms with van der Waals surface area (Å²) in [7, 11) is 0. The number of nitrogens with zero attached hydrogens (tertiary/aromatic N) is 1. The second-order valence-corrected chi connectivity index (χ2v) is 5.29. The van der Waals surface area contributed by atoms with Crippen LogP contribution >= 0.6 is 11.8 Å². The monoisotopic (exact) mass is 279 g/mol. The number of H-pyrrole nitrogens is 1. The largest absolute Gasteiger partial charge is 0.382 e. The number of benzene rings is 1. The average molecular weight is 279 g/mol. The van der Waals surface area contributed by atoms with E-state index in [9.17, 15) is 0 Å². The Morgan fingerprint density at radius 1 is 1.32 bits per heavy atom. The van der Waals surface area contributed by atoms with E-state index in [0.29, 0.717) is 0 Å². The van der Waals surface area contributed by atoms with Gasteiger partial charge in [-0.25, -0.2) is 4.98 Å². The molecule has 1 heterocycles. The van der Waals surface area contributed by atoms with Crippen molar-refractivity contribution >= 4 is 22.8 Å². The van der Waals surface area contributed by atoms with Crippen molar-refractivity contribution in [2.75, 3.05) is 32.1 Å². The fraction of sp³-hybridized carbons (Fsp3) is 0.500. The first-order valence-electron chi connectivity index (χ1n) is 6.76. The summed E-state index contributed by atoms with van der Waals surface area (Å²) in [5.41, 5.74) is 2.14. The van der Waals surface area contributed by atoms with E-state index in [-0.39, 0.29) is 0 Å². The smallest absolute Gasteiger partial charge is 0.166 e. The van der Waals surface area contributed by atoms with E-state index in [1.165, 1.54) is 0 Å². The molecule has 2 N–H and O–H groups in total. The van der Waals surface area contributed by atoms with E-state index in [0.717, 1.165) is 54.7 Å². The summed E-state index contributed by atoms with van der Waals surface area (Å²) < 4.78 is 5.28. The van der Waals surface area contributed by atoms with Crippen molar-refractivity contribution in [2.45, 2.75) is 18.5 Å². The number of aromatic nitrogens is 2. The fourth-order valence-electron chi connectivity index (χ4n) is 1.79. The highest BCUT2D eigenvalue weighted by Gasteiger charge is 2.01. The van der Waals surface area contributed by atoms with Crippen LogP contribution < -0.4 is 5.32 Å². The standard InChI is InChI=1S/C14H21N3OS/c1-2-18-10-5-8-15-9-11-19-14-16-12-6-3-4-7-13(12)17-14/h3-4,6-7,15H,2,5,8-11H2,1H3,(H,16,17). The van der Waals surface area contributed by atoms with Gasteiger partial charge in [0.15, 0.2) is 5.16 Å². The molecule has 0 aliphatic rings. The highest BCUT2D eigenvalue weighted by Crippen LogP contribution is 2.18. The Hall–Kier alpha value is -1.04. The van der Waals surface area contributed by atoms with Crippen LogP contribution in [0.5, 0.6) is 0 Å². The first-order valence-corrected chi connectivity index (χ1v) is 7.74. The van der Waals surface area contributed by atoms with Crippen LogP contribution in [0.15, 0.2) is 29.4 Å². The quantitative estimate of drug-likeness (QED) is 0.547. The number of fused-ring (bicyclic) bond motifs is 1. The van der Waals surface area contributed by atoms with Crippen LogP contribution in [0.1, 0.15) is 13.3 Å². The minimum absolute atomic E-state index is 0.807. The molecule has 0 radical (unpaired) electrons. The lowest BCUT2D eigenvalue weighted by molar-refractivity contribution is 0.145. The first-order chi connectivity index (χ1) is 9.40. The van der Waals surface area contributed by atoms with Gasteiger partial charge in [0.2, 0.25) is 0 Å². The van der Waals surface area contributed by atoms with E-state index < -0.39 is 0 Å². The Morgan fingerprint density at radius 3 is 3.05 bits per heavy atom. The molecule has 0 spiro atoms. The number of aromatic amines is 1. The molecule has 0 aliphatic carbocycles. The Bertz CT molecular complexity index is 453. The van der Waals surface area contributed by atoms with E-state index in [1.807, 2.05) is 25.1 Å². The number of nitrogens with one attached hydrogen (secondary N) is 2. The predicted octanol–water partition coefficient (Wildman–Crippen LogP) is 2.67. The molecule has 1 aromatic carbocycles. The molecule has 19 heavy (non-hydrogen) atoms. The maximum absolute atomic E-state index is 5.28. The lowest BCUT2D eigenvalue weighted by Gasteiger charge is -2.03. The van der Waals surface area contributed by atoms with Gasteiger partial charge < -0.3 is 15.0 Å². The van der Waals surface area contributed by atoms with Gasteiger partial charge >= 0.3 is 0 Å². The topological polar surface area (TPSA) is 49.9 Å². The van der Waals surface area contributed by atoms with Crippen molar-refractivity contribution in [3.8, 4) is 0 Å². The van der Waals surface area contributed by atoms with Gasteiger partial charge in [-0.3, -0.25) is 0 Å². The molecule has 0 saturated carbocycles. The predicted molar refractivity (Wildman–Crippen MR) is 80.8 cm³/mol. The third kappa shape index (κ3) is 4.86. The van der Waals surface area contributed by atoms with Crippen LogP contribution in [-0.4, -0.2) is 42.0 Å². The molecular weight excluding hydrogens is 258 g/mol. The lowest BCUT2D eigenvalue weighted by atomic mass is 10.3. The minimum atomic E-state index is 0.807. The van der Waals surface area contributed by atoms with Gasteiger partial charge in [-0.15, -0.1) is 0 Å². The normalized spacial score (nSPS) is 11.2. The zero-order valence-electron chi connectivity index (χ0n) is 11.3. The van der Waals surface area contributed by atoms with Crippen LogP contribution in [0.2, 0.25) is 0 Å². The lowest BCUT2D eigenvalue weighted by Crippen LogP contribution is -2.19. The first kappa shape index (κ1) is 14.4. The van der Waals surface area contributed by atoms with Crippen molar-refractivity contribution in [2.24, 2.45) is 0 Å². The van der Waals surface area contributed by atoms with Gasteiger partial charge in [0.1, 0.15) is 0 Å². The molecule has 0 bridgehead atoms. The van der Waals surface area contributed by atoms with Crippen molar-refractivity contribution in [1.82, 2.24) is 15.3 Å². The fourth-order valence-corrected chi connectivity index (χ4v) is 2.57. The van der Waals surface area contributed by atoms with Gasteiger partial charge in [-0.1, -0.05) is 23.9 Å². The van der Waals surface area contributed by atoms with Crippen LogP contribution in [0, 0.1) is 0 Å². The second-order valence-electron chi connectivity index (χ2n) is 4.21. The molecule has 0 saturated heterocycles. The Balaban J connectivity index is 1.60. The van der Waals surface area contributed by atoms with Crippen molar-refractivity contribution in [3.63, 3.8) is 0 Å². The molecule has 0 amide bonds. The summed E-state index contributed by atoms with van der Waals surface area (Å²) >= 11 is 1.75. The van der Waals surface area contributed by atoms with Crippen LogP contribution in [0.4, 0.5) is 0 Å². The van der Waals surface area contributed by atoms with E-state index in [1.54, 1.807) is 11.8 Å². The summed E-state index contributed by atoms with van der Waals surface area (Å²) in [4.78, 5) is 7.85. The van der Waals surface area contributed by atoms with E-state index in [2.05, 4.69) is 21.4 Å². The molecule has 4 nitrogen and oxygen atoms in total. The molecule has 0 atom stereocenters. The van der Waals surface area contributed by atoms with Crippen molar-refractivity contribution in [3.05, 3.63) is 24.3 Å². The van der Waals surface area contributed by atoms with Crippen LogP contribution in [-0.2, 0) is 4.74 Å². The highest BCUT2D eigenvalue weighted by atomic mass is 32.2. The third-order valence-electron chi connectivity index (χ3n) is 2.73. The minimum Gasteiger partial charge on any atom is -0.382 e. The molecule has 104 valence electrons. The molecular formula is C14H21N3OS. The highest BCUT2D eigenvalue weighted by molar-refractivity contribution is 7.99. The molecule has 2 aromatic rings.